The van der Waals surface area contributed by atoms with Gasteiger partial charge in [0.05, 0.1) is 5.69 Å². The molecule has 1 amide bonds. The molecule has 1 aromatic rings. The standard InChI is InChI=1S/C18H24F2N3OP/c1-3-9-17(10-4-2)16(24)22-15(23-17)12-7-8-13(18(19,20)25)21-14(12)11-5-6-11/h7-8,11H,3-6,9-10,25H2,1-2H3,(H,22,23,24). The number of carbonyl (C=O) groups excluding carboxylic acids is 1. The summed E-state index contributed by atoms with van der Waals surface area (Å²) in [4.78, 5) is 21.6. The summed E-state index contributed by atoms with van der Waals surface area (Å²) in [5.74, 6) is 0.572. The molecular weight excluding hydrogens is 343 g/mol. The van der Waals surface area contributed by atoms with E-state index in [2.05, 4.69) is 10.3 Å². The Balaban J connectivity index is 2.03. The first-order valence-corrected chi connectivity index (χ1v) is 9.48. The fourth-order valence-electron chi connectivity index (χ4n) is 3.46. The molecule has 136 valence electrons. The first-order chi connectivity index (χ1) is 11.8. The van der Waals surface area contributed by atoms with Gasteiger partial charge in [-0.25, -0.2) is 0 Å². The molecule has 4 nitrogen and oxygen atoms in total. The summed E-state index contributed by atoms with van der Waals surface area (Å²) in [5, 5.41) is 2.89. The number of nitrogens with zero attached hydrogens (tertiary/aromatic N) is 2. The lowest BCUT2D eigenvalue weighted by Crippen LogP contribution is -2.39. The molecule has 1 fully saturated rings. The number of halogens is 2. The van der Waals surface area contributed by atoms with E-state index in [-0.39, 0.29) is 17.5 Å². The Labute approximate surface area is 149 Å². The molecule has 1 aliphatic heterocycles. The van der Waals surface area contributed by atoms with Gasteiger partial charge >= 0.3 is 0 Å². The molecule has 1 saturated carbocycles. The van der Waals surface area contributed by atoms with E-state index in [9.17, 15) is 13.6 Å². The number of nitrogens with one attached hydrogen (secondary N) is 1. The molecule has 1 N–H and O–H groups in total. The van der Waals surface area contributed by atoms with Gasteiger partial charge in [-0.15, -0.1) is 0 Å². The van der Waals surface area contributed by atoms with Gasteiger partial charge in [-0.1, -0.05) is 35.9 Å². The number of pyridine rings is 1. The number of amidine groups is 1. The Morgan fingerprint density at radius 2 is 1.92 bits per heavy atom. The second-order valence-electron chi connectivity index (χ2n) is 6.97. The largest absolute Gasteiger partial charge is 0.308 e. The average Bonchev–Trinajstić information content (AvgIpc) is 3.33. The number of amides is 1. The molecule has 0 aromatic carbocycles. The highest BCUT2D eigenvalue weighted by molar-refractivity contribution is 7.17. The van der Waals surface area contributed by atoms with Crippen molar-refractivity contribution in [1.82, 2.24) is 10.3 Å². The van der Waals surface area contributed by atoms with Crippen LogP contribution in [0.1, 0.15) is 75.2 Å². The van der Waals surface area contributed by atoms with Crippen LogP contribution in [-0.4, -0.2) is 22.3 Å². The third-order valence-corrected chi connectivity index (χ3v) is 5.09. The maximum Gasteiger partial charge on any atom is 0.300 e. The van der Waals surface area contributed by atoms with Crippen molar-refractivity contribution >= 4 is 21.0 Å². The molecule has 7 heteroatoms. The molecule has 0 radical (unpaired) electrons. The van der Waals surface area contributed by atoms with Gasteiger partial charge in [-0.2, -0.15) is 8.78 Å². The molecule has 1 aromatic heterocycles. The van der Waals surface area contributed by atoms with Crippen LogP contribution in [0.3, 0.4) is 0 Å². The zero-order chi connectivity index (χ0) is 18.2. The number of hydrogen-bond acceptors (Lipinski definition) is 3. The van der Waals surface area contributed by atoms with Crippen LogP contribution in [0.15, 0.2) is 17.1 Å². The highest BCUT2D eigenvalue weighted by Crippen LogP contribution is 2.43. The molecule has 0 spiro atoms. The van der Waals surface area contributed by atoms with Crippen molar-refractivity contribution in [3.8, 4) is 0 Å². The van der Waals surface area contributed by atoms with Gasteiger partial charge in [0.2, 0.25) is 0 Å². The third kappa shape index (κ3) is 3.59. The Kier molecular flexibility index (Phi) is 4.93. The van der Waals surface area contributed by atoms with Crippen molar-refractivity contribution < 1.29 is 13.6 Å². The molecule has 1 aliphatic carbocycles. The van der Waals surface area contributed by atoms with Gasteiger partial charge in [0.15, 0.2) is 0 Å². The molecule has 25 heavy (non-hydrogen) atoms. The number of rotatable bonds is 7. The summed E-state index contributed by atoms with van der Waals surface area (Å²) in [5.41, 5.74) is -2.74. The van der Waals surface area contributed by atoms with Crippen LogP contribution in [0.5, 0.6) is 0 Å². The van der Waals surface area contributed by atoms with Crippen molar-refractivity contribution in [2.75, 3.05) is 0 Å². The van der Waals surface area contributed by atoms with Crippen LogP contribution in [0, 0.1) is 0 Å². The molecule has 0 bridgehead atoms. The summed E-state index contributed by atoms with van der Waals surface area (Å²) in [7, 11) is 1.53. The quantitative estimate of drug-likeness (QED) is 0.738. The lowest BCUT2D eigenvalue weighted by Gasteiger charge is -2.21. The number of aromatic nitrogens is 1. The minimum atomic E-state index is -3.06. The number of hydrogen-bond donors (Lipinski definition) is 1. The van der Waals surface area contributed by atoms with Crippen LogP contribution < -0.4 is 5.32 Å². The Hall–Kier alpha value is -1.42. The van der Waals surface area contributed by atoms with Crippen LogP contribution in [0.4, 0.5) is 8.78 Å². The third-order valence-electron chi connectivity index (χ3n) is 4.79. The van der Waals surface area contributed by atoms with Crippen LogP contribution in [-0.2, 0) is 10.5 Å². The SMILES string of the molecule is CCCC1(CCC)N=C(c2ccc(C(F)(F)P)nc2C2CC2)NC1=O. The van der Waals surface area contributed by atoms with Gasteiger partial charge < -0.3 is 5.32 Å². The van der Waals surface area contributed by atoms with Crippen molar-refractivity contribution in [1.29, 1.82) is 0 Å². The van der Waals surface area contributed by atoms with E-state index >= 15 is 0 Å². The molecule has 2 aliphatic rings. The van der Waals surface area contributed by atoms with Crippen LogP contribution >= 0.6 is 9.24 Å². The molecule has 3 rings (SSSR count). The average molecular weight is 367 g/mol. The lowest BCUT2D eigenvalue weighted by atomic mass is 9.89. The van der Waals surface area contributed by atoms with Crippen LogP contribution in [0.2, 0.25) is 0 Å². The van der Waals surface area contributed by atoms with E-state index < -0.39 is 11.2 Å². The summed E-state index contributed by atoms with van der Waals surface area (Å²) in [6.07, 6.45) is 4.95. The van der Waals surface area contributed by atoms with E-state index in [0.717, 1.165) is 25.7 Å². The van der Waals surface area contributed by atoms with E-state index in [1.54, 1.807) is 6.07 Å². The first kappa shape index (κ1) is 18.4. The monoisotopic (exact) mass is 367 g/mol. The second-order valence-corrected chi connectivity index (χ2v) is 7.70. The van der Waals surface area contributed by atoms with E-state index in [4.69, 9.17) is 4.99 Å². The number of carbonyl (C=O) groups is 1. The highest BCUT2D eigenvalue weighted by atomic mass is 31.0. The topological polar surface area (TPSA) is 54.4 Å². The van der Waals surface area contributed by atoms with E-state index in [0.29, 0.717) is 29.9 Å². The summed E-state index contributed by atoms with van der Waals surface area (Å²) < 4.78 is 27.2. The Bertz CT molecular complexity index is 705. The first-order valence-electron chi connectivity index (χ1n) is 8.90. The zero-order valence-electron chi connectivity index (χ0n) is 14.6. The molecule has 1 unspecified atom stereocenters. The van der Waals surface area contributed by atoms with Gasteiger partial charge in [-0.3, -0.25) is 14.8 Å². The van der Waals surface area contributed by atoms with Gasteiger partial charge in [-0.05, 0) is 37.8 Å². The predicted molar refractivity (Wildman–Crippen MR) is 97.0 cm³/mol. The molecule has 1 atom stereocenters. The summed E-state index contributed by atoms with van der Waals surface area (Å²) >= 11 is 0. The summed E-state index contributed by atoms with van der Waals surface area (Å²) in [6.45, 7) is 4.07. The number of aliphatic imine (C=N–C) groups is 1. The Morgan fingerprint density at radius 3 is 2.44 bits per heavy atom. The van der Waals surface area contributed by atoms with Crippen LogP contribution in [0.25, 0.3) is 0 Å². The maximum atomic E-state index is 13.6. The highest BCUT2D eigenvalue weighted by Gasteiger charge is 2.43. The normalized spacial score (nSPS) is 19.7. The fourth-order valence-corrected chi connectivity index (χ4v) is 3.62. The Morgan fingerprint density at radius 1 is 1.28 bits per heavy atom. The maximum absolute atomic E-state index is 13.6. The van der Waals surface area contributed by atoms with Crippen molar-refractivity contribution in [2.45, 2.75) is 69.5 Å². The van der Waals surface area contributed by atoms with Crippen molar-refractivity contribution in [3.05, 3.63) is 29.1 Å². The molecular formula is C18H24F2N3OP. The number of alkyl halides is 2. The van der Waals surface area contributed by atoms with E-state index in [1.165, 1.54) is 15.3 Å². The van der Waals surface area contributed by atoms with Crippen molar-refractivity contribution in [3.63, 3.8) is 0 Å². The van der Waals surface area contributed by atoms with Gasteiger partial charge in [0, 0.05) is 11.5 Å². The molecule has 2 heterocycles. The second kappa shape index (κ2) is 6.71. The molecule has 0 saturated heterocycles. The van der Waals surface area contributed by atoms with Gasteiger partial charge in [0.1, 0.15) is 17.1 Å². The minimum absolute atomic E-state index is 0.0894. The van der Waals surface area contributed by atoms with Gasteiger partial charge in [0.25, 0.3) is 11.6 Å². The summed E-state index contributed by atoms with van der Waals surface area (Å²) in [6, 6.07) is 2.95. The smallest absolute Gasteiger partial charge is 0.300 e. The lowest BCUT2D eigenvalue weighted by molar-refractivity contribution is -0.124. The fraction of sp³-hybridized carbons (Fsp3) is 0.611. The van der Waals surface area contributed by atoms with E-state index in [1.807, 2.05) is 13.8 Å². The minimum Gasteiger partial charge on any atom is -0.308 e. The predicted octanol–water partition coefficient (Wildman–Crippen LogP) is 4.10. The zero-order valence-corrected chi connectivity index (χ0v) is 15.8. The van der Waals surface area contributed by atoms with Crippen molar-refractivity contribution in [2.24, 2.45) is 4.99 Å².